The Morgan fingerprint density at radius 1 is 1.06 bits per heavy atom. The van der Waals surface area contributed by atoms with Gasteiger partial charge in [0.15, 0.2) is 0 Å². The lowest BCUT2D eigenvalue weighted by Gasteiger charge is -2.19. The van der Waals surface area contributed by atoms with E-state index in [9.17, 15) is 0 Å². The second kappa shape index (κ2) is 4.79. The van der Waals surface area contributed by atoms with Crippen molar-refractivity contribution in [1.82, 2.24) is 0 Å². The largest absolute Gasteiger partial charge is 0.126 e. The molecule has 0 unspecified atom stereocenters. The lowest BCUT2D eigenvalue weighted by atomic mass is 10.0. The van der Waals surface area contributed by atoms with E-state index in [1.807, 2.05) is 23.5 Å². The zero-order chi connectivity index (χ0) is 11.7. The molecule has 1 heterocycles. The quantitative estimate of drug-likeness (QED) is 0.602. The maximum Gasteiger partial charge on any atom is 0.0158 e. The van der Waals surface area contributed by atoms with Gasteiger partial charge in [0.25, 0.3) is 0 Å². The number of hydrogen-bond donors (Lipinski definition) is 0. The highest BCUT2D eigenvalue weighted by Crippen LogP contribution is 2.40. The van der Waals surface area contributed by atoms with Gasteiger partial charge in [-0.15, -0.1) is 11.8 Å². The predicted molar refractivity (Wildman–Crippen MR) is 76.2 cm³/mol. The van der Waals surface area contributed by atoms with Crippen LogP contribution in [0.3, 0.4) is 0 Å². The van der Waals surface area contributed by atoms with Crippen LogP contribution in [-0.4, -0.2) is 5.75 Å². The number of fused-ring (bicyclic) bond motifs is 2. The van der Waals surface area contributed by atoms with Crippen molar-refractivity contribution in [2.24, 2.45) is 0 Å². The molecule has 0 amide bonds. The highest BCUT2D eigenvalue weighted by molar-refractivity contribution is 7.99. The smallest absolute Gasteiger partial charge is 0.0158 e. The van der Waals surface area contributed by atoms with Crippen molar-refractivity contribution < 1.29 is 0 Å². The van der Waals surface area contributed by atoms with Crippen LogP contribution in [0, 0.1) is 0 Å². The van der Waals surface area contributed by atoms with Crippen LogP contribution in [0.15, 0.2) is 57.2 Å². The summed E-state index contributed by atoms with van der Waals surface area (Å²) in [5.41, 5.74) is 2.94. The molecule has 0 N–H and O–H groups in total. The van der Waals surface area contributed by atoms with Crippen LogP contribution in [0.2, 0.25) is 0 Å². The first-order valence-corrected chi connectivity index (χ1v) is 7.68. The van der Waals surface area contributed by atoms with Crippen molar-refractivity contribution in [3.05, 3.63) is 53.6 Å². The summed E-state index contributed by atoms with van der Waals surface area (Å²) in [6.07, 6.45) is 1.08. The molecular weight excluding hydrogens is 244 g/mol. The maximum atomic E-state index is 2.35. The van der Waals surface area contributed by atoms with Gasteiger partial charge in [-0.1, -0.05) is 36.9 Å². The molecule has 2 aromatic carbocycles. The Hall–Kier alpha value is -0.860. The van der Waals surface area contributed by atoms with Gasteiger partial charge in [0.05, 0.1) is 0 Å². The summed E-state index contributed by atoms with van der Waals surface area (Å²) >= 11 is 3.82. The summed E-state index contributed by atoms with van der Waals surface area (Å²) in [5.74, 6) is 1.14. The van der Waals surface area contributed by atoms with Crippen molar-refractivity contribution in [2.75, 3.05) is 5.75 Å². The van der Waals surface area contributed by atoms with Crippen molar-refractivity contribution in [2.45, 2.75) is 28.0 Å². The molecule has 0 spiro atoms. The van der Waals surface area contributed by atoms with Gasteiger partial charge in [-0.05, 0) is 47.6 Å². The highest BCUT2D eigenvalue weighted by atomic mass is 32.2. The van der Waals surface area contributed by atoms with E-state index >= 15 is 0 Å². The van der Waals surface area contributed by atoms with Gasteiger partial charge >= 0.3 is 0 Å². The van der Waals surface area contributed by atoms with Crippen LogP contribution < -0.4 is 0 Å². The molecule has 0 atom stereocenters. The summed E-state index contributed by atoms with van der Waals surface area (Å²) < 4.78 is 0. The van der Waals surface area contributed by atoms with Crippen LogP contribution in [-0.2, 0) is 6.42 Å². The van der Waals surface area contributed by atoms with Crippen molar-refractivity contribution in [3.8, 4) is 0 Å². The Morgan fingerprint density at radius 3 is 2.76 bits per heavy atom. The molecule has 3 rings (SSSR count). The van der Waals surface area contributed by atoms with Crippen LogP contribution in [0.5, 0.6) is 0 Å². The topological polar surface area (TPSA) is 0 Å². The van der Waals surface area contributed by atoms with E-state index in [-0.39, 0.29) is 0 Å². The number of hydrogen-bond acceptors (Lipinski definition) is 2. The Bertz CT molecular complexity index is 546. The molecule has 2 heteroatoms. The predicted octanol–water partition coefficient (Wildman–Crippen LogP) is 4.85. The number of benzene rings is 2. The Labute approximate surface area is 111 Å². The lowest BCUT2D eigenvalue weighted by Crippen LogP contribution is -1.99. The molecule has 0 saturated heterocycles. The third kappa shape index (κ3) is 2.24. The second-order valence-corrected chi connectivity index (χ2v) is 6.51. The summed E-state index contributed by atoms with van der Waals surface area (Å²) in [6.45, 7) is 2.20. The van der Waals surface area contributed by atoms with Crippen molar-refractivity contribution in [1.29, 1.82) is 0 Å². The fourth-order valence-electron chi connectivity index (χ4n) is 2.12. The van der Waals surface area contributed by atoms with E-state index in [1.54, 1.807) is 0 Å². The molecule has 86 valence electrons. The third-order valence-electron chi connectivity index (χ3n) is 2.92. The molecule has 0 bridgehead atoms. The molecule has 0 aliphatic carbocycles. The molecule has 17 heavy (non-hydrogen) atoms. The SMILES string of the molecule is CCSc1ccc2c(c1)Cc1ccccc1S2. The number of thioether (sulfide) groups is 1. The minimum absolute atomic E-state index is 1.08. The first-order chi connectivity index (χ1) is 8.36. The van der Waals surface area contributed by atoms with Crippen LogP contribution >= 0.6 is 23.5 Å². The standard InChI is InChI=1S/C15H14S2/c1-2-16-13-7-8-15-12(10-13)9-11-5-3-4-6-14(11)17-15/h3-8,10H,2,9H2,1H3. The second-order valence-electron chi connectivity index (χ2n) is 4.09. The van der Waals surface area contributed by atoms with E-state index in [4.69, 9.17) is 0 Å². The first-order valence-electron chi connectivity index (χ1n) is 5.88. The van der Waals surface area contributed by atoms with Crippen LogP contribution in [0.4, 0.5) is 0 Å². The van der Waals surface area contributed by atoms with Gasteiger partial charge in [-0.2, -0.15) is 0 Å². The van der Waals surface area contributed by atoms with Gasteiger partial charge in [0.1, 0.15) is 0 Å². The van der Waals surface area contributed by atoms with Gasteiger partial charge in [0, 0.05) is 14.7 Å². The maximum absolute atomic E-state index is 2.35. The molecule has 2 aromatic rings. The normalized spacial score (nSPS) is 13.0. The average molecular weight is 258 g/mol. The summed E-state index contributed by atoms with van der Waals surface area (Å²) in [4.78, 5) is 4.23. The molecular formula is C15H14S2. The molecule has 1 aliphatic heterocycles. The Morgan fingerprint density at radius 2 is 1.88 bits per heavy atom. The van der Waals surface area contributed by atoms with Gasteiger partial charge in [0.2, 0.25) is 0 Å². The highest BCUT2D eigenvalue weighted by Gasteiger charge is 2.15. The third-order valence-corrected chi connectivity index (χ3v) is 5.03. The van der Waals surface area contributed by atoms with E-state index in [2.05, 4.69) is 49.4 Å². The minimum Gasteiger partial charge on any atom is -0.126 e. The van der Waals surface area contributed by atoms with E-state index < -0.39 is 0 Å². The Kier molecular flexibility index (Phi) is 3.17. The number of rotatable bonds is 2. The first kappa shape index (κ1) is 11.2. The summed E-state index contributed by atoms with van der Waals surface area (Å²) in [7, 11) is 0. The molecule has 0 fully saturated rings. The monoisotopic (exact) mass is 258 g/mol. The molecule has 1 aliphatic rings. The van der Waals surface area contributed by atoms with E-state index in [0.29, 0.717) is 0 Å². The zero-order valence-electron chi connectivity index (χ0n) is 9.77. The fraction of sp³-hybridized carbons (Fsp3) is 0.200. The summed E-state index contributed by atoms with van der Waals surface area (Å²) in [5, 5.41) is 0. The van der Waals surface area contributed by atoms with Gasteiger partial charge < -0.3 is 0 Å². The van der Waals surface area contributed by atoms with Gasteiger partial charge in [-0.25, -0.2) is 0 Å². The van der Waals surface area contributed by atoms with Crippen molar-refractivity contribution in [3.63, 3.8) is 0 Å². The van der Waals surface area contributed by atoms with Gasteiger partial charge in [-0.3, -0.25) is 0 Å². The average Bonchev–Trinajstić information content (AvgIpc) is 2.36. The fourth-order valence-corrected chi connectivity index (χ4v) is 3.90. The lowest BCUT2D eigenvalue weighted by molar-refractivity contribution is 1.04. The van der Waals surface area contributed by atoms with Crippen LogP contribution in [0.1, 0.15) is 18.1 Å². The Balaban J connectivity index is 1.97. The summed E-state index contributed by atoms with van der Waals surface area (Å²) in [6, 6.07) is 15.6. The van der Waals surface area contributed by atoms with E-state index in [1.165, 1.54) is 25.8 Å². The van der Waals surface area contributed by atoms with E-state index in [0.717, 1.165) is 12.2 Å². The van der Waals surface area contributed by atoms with Crippen LogP contribution in [0.25, 0.3) is 0 Å². The van der Waals surface area contributed by atoms with Crippen molar-refractivity contribution >= 4 is 23.5 Å². The minimum atomic E-state index is 1.08. The molecule has 0 nitrogen and oxygen atoms in total. The molecule has 0 saturated carbocycles. The zero-order valence-corrected chi connectivity index (χ0v) is 11.4. The molecule has 0 aromatic heterocycles. The molecule has 0 radical (unpaired) electrons.